The number of phenolic OH excluding ortho intramolecular Hbond substituents is 1. The van der Waals surface area contributed by atoms with Gasteiger partial charge in [-0.2, -0.15) is 5.10 Å². The second-order valence-electron chi connectivity index (χ2n) is 2.87. The molecule has 0 aliphatic carbocycles. The van der Waals surface area contributed by atoms with Crippen molar-refractivity contribution in [2.24, 2.45) is 0 Å². The van der Waals surface area contributed by atoms with Crippen molar-refractivity contribution in [2.45, 2.75) is 6.54 Å². The molecule has 0 atom stereocenters. The van der Waals surface area contributed by atoms with Crippen molar-refractivity contribution in [1.82, 2.24) is 9.78 Å². The highest BCUT2D eigenvalue weighted by Gasteiger charge is 1.95. The summed E-state index contributed by atoms with van der Waals surface area (Å²) >= 11 is 0. The minimum atomic E-state index is 0.296. The normalized spacial score (nSPS) is 10.2. The minimum absolute atomic E-state index is 0.296. The molecule has 2 aromatic rings. The van der Waals surface area contributed by atoms with Crippen LogP contribution in [0.25, 0.3) is 0 Å². The number of hydrogen-bond donors (Lipinski definition) is 1. The van der Waals surface area contributed by atoms with E-state index < -0.39 is 0 Å². The Morgan fingerprint density at radius 1 is 1.31 bits per heavy atom. The van der Waals surface area contributed by atoms with Gasteiger partial charge in [-0.15, -0.1) is 0 Å². The average Bonchev–Trinajstić information content (AvgIpc) is 2.57. The second kappa shape index (κ2) is 3.31. The lowest BCUT2D eigenvalue weighted by Gasteiger charge is -2.01. The summed E-state index contributed by atoms with van der Waals surface area (Å²) in [6.07, 6.45) is 3.63. The average molecular weight is 174 g/mol. The van der Waals surface area contributed by atoms with E-state index in [0.29, 0.717) is 12.3 Å². The summed E-state index contributed by atoms with van der Waals surface area (Å²) in [5.41, 5.74) is 1.05. The summed E-state index contributed by atoms with van der Waals surface area (Å²) in [4.78, 5) is 0. The van der Waals surface area contributed by atoms with Crippen molar-refractivity contribution in [2.75, 3.05) is 0 Å². The molecule has 0 spiro atoms. The summed E-state index contributed by atoms with van der Waals surface area (Å²) in [5.74, 6) is 0.296. The SMILES string of the molecule is Oc1cccc(Cn2cccn2)c1. The van der Waals surface area contributed by atoms with Gasteiger partial charge in [0.1, 0.15) is 5.75 Å². The van der Waals surface area contributed by atoms with Gasteiger partial charge in [-0.3, -0.25) is 4.68 Å². The van der Waals surface area contributed by atoms with Crippen LogP contribution in [0.5, 0.6) is 5.75 Å². The Labute approximate surface area is 76.3 Å². The second-order valence-corrected chi connectivity index (χ2v) is 2.87. The Morgan fingerprint density at radius 3 is 2.92 bits per heavy atom. The van der Waals surface area contributed by atoms with Crippen LogP contribution in [-0.2, 0) is 6.54 Å². The first-order chi connectivity index (χ1) is 6.34. The van der Waals surface area contributed by atoms with Gasteiger partial charge < -0.3 is 5.11 Å². The van der Waals surface area contributed by atoms with Crippen molar-refractivity contribution in [3.8, 4) is 5.75 Å². The van der Waals surface area contributed by atoms with Crippen LogP contribution in [0.3, 0.4) is 0 Å². The fraction of sp³-hybridized carbons (Fsp3) is 0.100. The van der Waals surface area contributed by atoms with Gasteiger partial charge in [0.2, 0.25) is 0 Å². The molecule has 2 rings (SSSR count). The zero-order valence-corrected chi connectivity index (χ0v) is 7.09. The van der Waals surface area contributed by atoms with Crippen LogP contribution in [0.2, 0.25) is 0 Å². The molecule has 0 amide bonds. The third kappa shape index (κ3) is 1.87. The molecule has 1 heterocycles. The number of benzene rings is 1. The van der Waals surface area contributed by atoms with Crippen molar-refractivity contribution >= 4 is 0 Å². The van der Waals surface area contributed by atoms with Gasteiger partial charge in [-0.25, -0.2) is 0 Å². The first kappa shape index (κ1) is 7.86. The largest absolute Gasteiger partial charge is 0.508 e. The van der Waals surface area contributed by atoms with Crippen molar-refractivity contribution < 1.29 is 5.11 Å². The highest BCUT2D eigenvalue weighted by atomic mass is 16.3. The fourth-order valence-electron chi connectivity index (χ4n) is 1.24. The van der Waals surface area contributed by atoms with E-state index in [0.717, 1.165) is 5.56 Å². The number of aromatic hydroxyl groups is 1. The van der Waals surface area contributed by atoms with Crippen LogP contribution in [-0.4, -0.2) is 14.9 Å². The zero-order chi connectivity index (χ0) is 9.10. The molecule has 0 radical (unpaired) electrons. The number of hydrogen-bond acceptors (Lipinski definition) is 2. The Bertz CT molecular complexity index is 382. The molecule has 3 nitrogen and oxygen atoms in total. The Balaban J connectivity index is 2.19. The van der Waals surface area contributed by atoms with Crippen LogP contribution >= 0.6 is 0 Å². The van der Waals surface area contributed by atoms with E-state index in [1.807, 2.05) is 29.1 Å². The van der Waals surface area contributed by atoms with Gasteiger partial charge in [-0.05, 0) is 23.8 Å². The zero-order valence-electron chi connectivity index (χ0n) is 7.09. The summed E-state index contributed by atoms with van der Waals surface area (Å²) in [6.45, 7) is 0.696. The third-order valence-electron chi connectivity index (χ3n) is 1.81. The quantitative estimate of drug-likeness (QED) is 0.751. The standard InChI is InChI=1S/C10H10N2O/c13-10-4-1-3-9(7-10)8-12-6-2-5-11-12/h1-7,13H,8H2. The van der Waals surface area contributed by atoms with E-state index in [9.17, 15) is 5.11 Å². The molecule has 1 N–H and O–H groups in total. The van der Waals surface area contributed by atoms with E-state index in [1.165, 1.54) is 0 Å². The smallest absolute Gasteiger partial charge is 0.115 e. The first-order valence-corrected chi connectivity index (χ1v) is 4.10. The van der Waals surface area contributed by atoms with E-state index in [4.69, 9.17) is 0 Å². The van der Waals surface area contributed by atoms with E-state index >= 15 is 0 Å². The van der Waals surface area contributed by atoms with Crippen LogP contribution < -0.4 is 0 Å². The molecule has 0 unspecified atom stereocenters. The topological polar surface area (TPSA) is 38.0 Å². The molecule has 1 aromatic heterocycles. The minimum Gasteiger partial charge on any atom is -0.508 e. The molecular weight excluding hydrogens is 164 g/mol. The maximum absolute atomic E-state index is 9.21. The van der Waals surface area contributed by atoms with Crippen LogP contribution in [0.15, 0.2) is 42.7 Å². The number of aromatic nitrogens is 2. The molecule has 3 heteroatoms. The van der Waals surface area contributed by atoms with E-state index in [-0.39, 0.29) is 0 Å². The van der Waals surface area contributed by atoms with Gasteiger partial charge >= 0.3 is 0 Å². The van der Waals surface area contributed by atoms with Gasteiger partial charge in [0, 0.05) is 12.4 Å². The lowest BCUT2D eigenvalue weighted by Crippen LogP contribution is -1.98. The third-order valence-corrected chi connectivity index (χ3v) is 1.81. The van der Waals surface area contributed by atoms with Gasteiger partial charge in [0.05, 0.1) is 6.54 Å². The highest BCUT2D eigenvalue weighted by Crippen LogP contribution is 2.11. The van der Waals surface area contributed by atoms with Gasteiger partial charge in [-0.1, -0.05) is 12.1 Å². The van der Waals surface area contributed by atoms with Crippen molar-refractivity contribution in [3.05, 3.63) is 48.3 Å². The Morgan fingerprint density at radius 2 is 2.23 bits per heavy atom. The van der Waals surface area contributed by atoms with E-state index in [2.05, 4.69) is 5.10 Å². The summed E-state index contributed by atoms with van der Waals surface area (Å²) in [7, 11) is 0. The predicted octanol–water partition coefficient (Wildman–Crippen LogP) is 1.64. The molecule has 0 aliphatic heterocycles. The maximum atomic E-state index is 9.21. The molecule has 0 bridgehead atoms. The molecule has 66 valence electrons. The van der Waals surface area contributed by atoms with Gasteiger partial charge in [0.25, 0.3) is 0 Å². The lowest BCUT2D eigenvalue weighted by atomic mass is 10.2. The fourth-order valence-corrected chi connectivity index (χ4v) is 1.24. The van der Waals surface area contributed by atoms with Crippen LogP contribution in [0, 0.1) is 0 Å². The van der Waals surface area contributed by atoms with Crippen LogP contribution in [0.4, 0.5) is 0 Å². The molecule has 0 saturated carbocycles. The summed E-state index contributed by atoms with van der Waals surface area (Å²) in [5, 5.41) is 13.3. The molecule has 0 aliphatic rings. The Hall–Kier alpha value is -1.77. The molecule has 0 saturated heterocycles. The molecular formula is C10H10N2O. The number of rotatable bonds is 2. The van der Waals surface area contributed by atoms with Crippen molar-refractivity contribution in [3.63, 3.8) is 0 Å². The molecule has 13 heavy (non-hydrogen) atoms. The number of phenols is 1. The Kier molecular flexibility index (Phi) is 2.00. The molecule has 0 fully saturated rings. The maximum Gasteiger partial charge on any atom is 0.115 e. The monoisotopic (exact) mass is 174 g/mol. The van der Waals surface area contributed by atoms with Crippen molar-refractivity contribution in [1.29, 1.82) is 0 Å². The lowest BCUT2D eigenvalue weighted by molar-refractivity contribution is 0.474. The first-order valence-electron chi connectivity index (χ1n) is 4.10. The van der Waals surface area contributed by atoms with Gasteiger partial charge in [0.15, 0.2) is 0 Å². The number of nitrogens with zero attached hydrogens (tertiary/aromatic N) is 2. The molecule has 1 aromatic carbocycles. The predicted molar refractivity (Wildman–Crippen MR) is 49.4 cm³/mol. The van der Waals surface area contributed by atoms with Crippen LogP contribution in [0.1, 0.15) is 5.56 Å². The highest BCUT2D eigenvalue weighted by molar-refractivity contribution is 5.27. The summed E-state index contributed by atoms with van der Waals surface area (Å²) in [6, 6.07) is 9.06. The summed E-state index contributed by atoms with van der Waals surface area (Å²) < 4.78 is 1.81. The van der Waals surface area contributed by atoms with E-state index in [1.54, 1.807) is 18.3 Å².